The topological polar surface area (TPSA) is 64.1 Å². The van der Waals surface area contributed by atoms with Crippen molar-refractivity contribution in [3.63, 3.8) is 0 Å². The van der Waals surface area contributed by atoms with Crippen LogP contribution in [0.15, 0.2) is 24.3 Å². The van der Waals surface area contributed by atoms with Crippen LogP contribution in [-0.4, -0.2) is 23.2 Å². The maximum Gasteiger partial charge on any atom is 0.236 e. The highest BCUT2D eigenvalue weighted by atomic mass is 32.1. The third-order valence-electron chi connectivity index (χ3n) is 3.50. The van der Waals surface area contributed by atoms with Gasteiger partial charge >= 0.3 is 0 Å². The Bertz CT molecular complexity index is 665. The molecular weight excluding hydrogens is 298 g/mol. The van der Waals surface area contributed by atoms with Gasteiger partial charge in [0, 0.05) is 11.5 Å². The fourth-order valence-corrected chi connectivity index (χ4v) is 2.80. The van der Waals surface area contributed by atoms with Crippen molar-refractivity contribution >= 4 is 22.4 Å². The van der Waals surface area contributed by atoms with Crippen LogP contribution in [0.3, 0.4) is 0 Å². The van der Waals surface area contributed by atoms with Gasteiger partial charge in [-0.2, -0.15) is 0 Å². The Morgan fingerprint density at radius 3 is 2.55 bits per heavy atom. The Hall–Kier alpha value is -1.95. The highest BCUT2D eigenvalue weighted by molar-refractivity contribution is 7.15. The number of nitrogens with one attached hydrogen (secondary N) is 1. The number of carbonyl (C=O) groups excluding carboxylic acids is 1. The molecule has 6 heteroatoms. The quantitative estimate of drug-likeness (QED) is 0.915. The van der Waals surface area contributed by atoms with Crippen molar-refractivity contribution in [3.8, 4) is 5.75 Å². The number of para-hydroxylation sites is 1. The summed E-state index contributed by atoms with van der Waals surface area (Å²) in [6.45, 7) is 7.82. The van der Waals surface area contributed by atoms with E-state index >= 15 is 0 Å². The van der Waals surface area contributed by atoms with Crippen molar-refractivity contribution < 1.29 is 9.53 Å². The lowest BCUT2D eigenvalue weighted by Crippen LogP contribution is -2.35. The molecule has 5 nitrogen and oxygen atoms in total. The van der Waals surface area contributed by atoms with E-state index in [9.17, 15) is 4.79 Å². The summed E-state index contributed by atoms with van der Waals surface area (Å²) in [6, 6.07) is 7.54. The normalized spacial score (nSPS) is 11.5. The molecule has 1 amide bonds. The van der Waals surface area contributed by atoms with Gasteiger partial charge in [0.15, 0.2) is 0 Å². The van der Waals surface area contributed by atoms with E-state index in [1.807, 2.05) is 52.0 Å². The Morgan fingerprint density at radius 1 is 1.27 bits per heavy atom. The molecule has 2 rings (SSSR count). The lowest BCUT2D eigenvalue weighted by Gasteiger charge is -2.25. The second kappa shape index (κ2) is 6.44. The van der Waals surface area contributed by atoms with E-state index in [0.717, 1.165) is 10.6 Å². The van der Waals surface area contributed by atoms with Crippen LogP contribution in [0.4, 0.5) is 5.13 Å². The zero-order valence-electron chi connectivity index (χ0n) is 13.5. The van der Waals surface area contributed by atoms with Gasteiger partial charge in [-0.15, -0.1) is 10.2 Å². The minimum atomic E-state index is -0.740. The molecule has 0 radical (unpaired) electrons. The summed E-state index contributed by atoms with van der Waals surface area (Å²) in [6.07, 6.45) is 0. The Morgan fingerprint density at radius 2 is 1.95 bits per heavy atom. The van der Waals surface area contributed by atoms with Crippen LogP contribution >= 0.6 is 11.3 Å². The van der Waals surface area contributed by atoms with Gasteiger partial charge in [0.05, 0.1) is 12.5 Å². The third-order valence-corrected chi connectivity index (χ3v) is 4.64. The molecule has 0 fully saturated rings. The zero-order chi connectivity index (χ0) is 16.3. The van der Waals surface area contributed by atoms with Crippen LogP contribution in [-0.2, 0) is 10.2 Å². The van der Waals surface area contributed by atoms with Crippen molar-refractivity contribution in [1.29, 1.82) is 0 Å². The van der Waals surface area contributed by atoms with E-state index in [1.54, 1.807) is 7.11 Å². The number of aromatic nitrogens is 2. The maximum absolute atomic E-state index is 12.7. The number of rotatable bonds is 5. The number of carbonyl (C=O) groups is 1. The first-order valence-electron chi connectivity index (χ1n) is 7.14. The first-order chi connectivity index (χ1) is 10.4. The fourth-order valence-electron chi connectivity index (χ4n) is 2.06. The fraction of sp³-hybridized carbons (Fsp3) is 0.438. The van der Waals surface area contributed by atoms with Gasteiger partial charge in [0.25, 0.3) is 0 Å². The molecule has 2 aromatic rings. The molecule has 1 N–H and O–H groups in total. The Labute approximate surface area is 134 Å². The molecule has 1 heterocycles. The molecule has 0 atom stereocenters. The number of anilines is 1. The van der Waals surface area contributed by atoms with E-state index in [4.69, 9.17) is 4.74 Å². The molecule has 22 heavy (non-hydrogen) atoms. The minimum absolute atomic E-state index is 0.136. The van der Waals surface area contributed by atoms with Gasteiger partial charge < -0.3 is 4.74 Å². The SMILES string of the molecule is COc1ccccc1C(C)(C)C(=O)Nc1nnc(C(C)C)s1. The first kappa shape index (κ1) is 16.4. The monoisotopic (exact) mass is 319 g/mol. The van der Waals surface area contributed by atoms with Crippen molar-refractivity contribution in [1.82, 2.24) is 10.2 Å². The van der Waals surface area contributed by atoms with Gasteiger partial charge in [-0.3, -0.25) is 10.1 Å². The molecule has 0 saturated heterocycles. The van der Waals surface area contributed by atoms with Crippen LogP contribution in [0.5, 0.6) is 5.75 Å². The summed E-state index contributed by atoms with van der Waals surface area (Å²) in [5.41, 5.74) is 0.0969. The first-order valence-corrected chi connectivity index (χ1v) is 7.96. The molecule has 0 aliphatic heterocycles. The Balaban J connectivity index is 2.22. The second-order valence-electron chi connectivity index (χ2n) is 5.88. The number of benzene rings is 1. The standard InChI is InChI=1S/C16H21N3O2S/c1-10(2)13-18-19-15(22-13)17-14(20)16(3,4)11-8-6-7-9-12(11)21-5/h6-10H,1-5H3,(H,17,19,20). The molecule has 0 unspecified atom stereocenters. The van der Waals surface area contributed by atoms with Gasteiger partial charge in [0.1, 0.15) is 10.8 Å². The summed E-state index contributed by atoms with van der Waals surface area (Å²) < 4.78 is 5.36. The van der Waals surface area contributed by atoms with Crippen LogP contribution in [0.25, 0.3) is 0 Å². The van der Waals surface area contributed by atoms with E-state index < -0.39 is 5.41 Å². The third kappa shape index (κ3) is 3.27. The number of amides is 1. The number of hydrogen-bond acceptors (Lipinski definition) is 5. The lowest BCUT2D eigenvalue weighted by molar-refractivity contribution is -0.120. The molecule has 0 aliphatic rings. The van der Waals surface area contributed by atoms with Gasteiger partial charge in [0.2, 0.25) is 11.0 Å². The van der Waals surface area contributed by atoms with E-state index in [1.165, 1.54) is 11.3 Å². The smallest absolute Gasteiger partial charge is 0.236 e. The van der Waals surface area contributed by atoms with E-state index in [2.05, 4.69) is 15.5 Å². The molecule has 118 valence electrons. The molecule has 0 aliphatic carbocycles. The predicted molar refractivity (Wildman–Crippen MR) is 88.6 cm³/mol. The van der Waals surface area contributed by atoms with Crippen molar-refractivity contribution in [2.75, 3.05) is 12.4 Å². The molecule has 0 saturated carbocycles. The number of ether oxygens (including phenoxy) is 1. The predicted octanol–water partition coefficient (Wildman–Crippen LogP) is 3.59. The van der Waals surface area contributed by atoms with Gasteiger partial charge in [-0.05, 0) is 19.9 Å². The summed E-state index contributed by atoms with van der Waals surface area (Å²) >= 11 is 1.41. The average Bonchev–Trinajstić information content (AvgIpc) is 2.95. The summed E-state index contributed by atoms with van der Waals surface area (Å²) in [4.78, 5) is 12.7. The summed E-state index contributed by atoms with van der Waals surface area (Å²) in [5.74, 6) is 0.858. The van der Waals surface area contributed by atoms with E-state index in [-0.39, 0.29) is 5.91 Å². The minimum Gasteiger partial charge on any atom is -0.496 e. The van der Waals surface area contributed by atoms with E-state index in [0.29, 0.717) is 16.8 Å². The zero-order valence-corrected chi connectivity index (χ0v) is 14.3. The molecule has 0 bridgehead atoms. The van der Waals surface area contributed by atoms with Crippen LogP contribution in [0.2, 0.25) is 0 Å². The van der Waals surface area contributed by atoms with Crippen molar-refractivity contribution in [2.45, 2.75) is 39.0 Å². The van der Waals surface area contributed by atoms with Crippen LogP contribution < -0.4 is 10.1 Å². The highest BCUT2D eigenvalue weighted by Crippen LogP contribution is 2.33. The van der Waals surface area contributed by atoms with Gasteiger partial charge in [-0.1, -0.05) is 43.4 Å². The largest absolute Gasteiger partial charge is 0.496 e. The number of nitrogens with zero attached hydrogens (tertiary/aromatic N) is 2. The summed E-state index contributed by atoms with van der Waals surface area (Å²) in [7, 11) is 1.60. The number of methoxy groups -OCH3 is 1. The lowest BCUT2D eigenvalue weighted by atomic mass is 9.83. The maximum atomic E-state index is 12.7. The Kier molecular flexibility index (Phi) is 4.81. The summed E-state index contributed by atoms with van der Waals surface area (Å²) in [5, 5.41) is 12.4. The molecule has 1 aromatic carbocycles. The molecular formula is C16H21N3O2S. The van der Waals surface area contributed by atoms with Gasteiger partial charge in [-0.25, -0.2) is 0 Å². The van der Waals surface area contributed by atoms with Crippen molar-refractivity contribution in [2.24, 2.45) is 0 Å². The van der Waals surface area contributed by atoms with Crippen LogP contribution in [0.1, 0.15) is 44.2 Å². The number of hydrogen-bond donors (Lipinski definition) is 1. The van der Waals surface area contributed by atoms with Crippen LogP contribution in [0, 0.1) is 0 Å². The van der Waals surface area contributed by atoms with Crippen molar-refractivity contribution in [3.05, 3.63) is 34.8 Å². The highest BCUT2D eigenvalue weighted by Gasteiger charge is 2.33. The molecule has 0 spiro atoms. The molecule has 1 aromatic heterocycles. The average molecular weight is 319 g/mol. The second-order valence-corrected chi connectivity index (χ2v) is 6.89.